The number of aliphatic hydroxyl groups excluding tert-OH is 3. The molecular formula is C8H19ClO3Si. The zero-order valence-electron chi connectivity index (χ0n) is 8.04. The van der Waals surface area contributed by atoms with Crippen molar-refractivity contribution in [3.63, 3.8) is 0 Å². The van der Waals surface area contributed by atoms with Crippen molar-refractivity contribution < 1.29 is 15.3 Å². The van der Waals surface area contributed by atoms with E-state index in [1.807, 2.05) is 6.92 Å². The van der Waals surface area contributed by atoms with Crippen molar-refractivity contribution in [1.82, 2.24) is 0 Å². The van der Waals surface area contributed by atoms with Gasteiger partial charge in [0.05, 0.1) is 0 Å². The normalized spacial score (nSPS) is 14.5. The first-order chi connectivity index (χ1) is 6.14. The quantitative estimate of drug-likeness (QED) is 0.432. The molecule has 3 N–H and O–H groups in total. The van der Waals surface area contributed by atoms with E-state index in [4.69, 9.17) is 26.9 Å². The SMILES string of the molecule is CC(CCCl)C[Si](CO)(CO)CO. The molecule has 0 saturated heterocycles. The molecule has 0 aliphatic heterocycles. The second kappa shape index (κ2) is 6.78. The summed E-state index contributed by atoms with van der Waals surface area (Å²) in [5.74, 6) is 0.962. The zero-order chi connectivity index (χ0) is 10.3. The van der Waals surface area contributed by atoms with Crippen molar-refractivity contribution in [1.29, 1.82) is 0 Å². The summed E-state index contributed by atoms with van der Waals surface area (Å²) in [7, 11) is -2.21. The van der Waals surface area contributed by atoms with Gasteiger partial charge in [-0.25, -0.2) is 0 Å². The van der Waals surface area contributed by atoms with Gasteiger partial charge in [0.15, 0.2) is 0 Å². The van der Waals surface area contributed by atoms with Gasteiger partial charge in [-0.1, -0.05) is 6.92 Å². The summed E-state index contributed by atoms with van der Waals surface area (Å²) in [6, 6.07) is 0.739. The fourth-order valence-corrected chi connectivity index (χ4v) is 4.11. The van der Waals surface area contributed by atoms with E-state index in [1.165, 1.54) is 0 Å². The highest BCUT2D eigenvalue weighted by atomic mass is 35.5. The second-order valence-corrected chi connectivity index (χ2v) is 8.50. The molecule has 0 radical (unpaired) electrons. The molecular weight excluding hydrogens is 208 g/mol. The summed E-state index contributed by atoms with van der Waals surface area (Å²) in [5, 5.41) is 27.3. The maximum atomic E-state index is 9.10. The molecule has 3 nitrogen and oxygen atoms in total. The molecule has 0 spiro atoms. The van der Waals surface area contributed by atoms with E-state index < -0.39 is 8.07 Å². The van der Waals surface area contributed by atoms with Gasteiger partial charge in [0, 0.05) is 24.6 Å². The van der Waals surface area contributed by atoms with Crippen LogP contribution < -0.4 is 0 Å². The molecule has 0 saturated carbocycles. The van der Waals surface area contributed by atoms with E-state index >= 15 is 0 Å². The van der Waals surface area contributed by atoms with Crippen LogP contribution in [0.3, 0.4) is 0 Å². The molecule has 13 heavy (non-hydrogen) atoms. The molecule has 0 heterocycles. The van der Waals surface area contributed by atoms with Crippen LogP contribution in [0.25, 0.3) is 0 Å². The van der Waals surface area contributed by atoms with Crippen LogP contribution in [-0.2, 0) is 0 Å². The monoisotopic (exact) mass is 226 g/mol. The maximum Gasteiger partial charge on any atom is 0.140 e. The van der Waals surface area contributed by atoms with Gasteiger partial charge in [0.25, 0.3) is 0 Å². The molecule has 80 valence electrons. The number of rotatable bonds is 7. The third-order valence-corrected chi connectivity index (χ3v) is 6.18. The maximum absolute atomic E-state index is 9.10. The van der Waals surface area contributed by atoms with E-state index in [2.05, 4.69) is 0 Å². The van der Waals surface area contributed by atoms with Crippen molar-refractivity contribution in [3.8, 4) is 0 Å². The van der Waals surface area contributed by atoms with Crippen LogP contribution in [0.2, 0.25) is 6.04 Å². The molecule has 1 unspecified atom stereocenters. The molecule has 0 bridgehead atoms. The highest BCUT2D eigenvalue weighted by Gasteiger charge is 2.32. The van der Waals surface area contributed by atoms with Gasteiger partial charge >= 0.3 is 0 Å². The fourth-order valence-electron chi connectivity index (χ4n) is 1.37. The highest BCUT2D eigenvalue weighted by Crippen LogP contribution is 2.19. The minimum atomic E-state index is -2.21. The average Bonchev–Trinajstić information content (AvgIpc) is 2.15. The van der Waals surface area contributed by atoms with E-state index in [-0.39, 0.29) is 18.7 Å². The number of alkyl halides is 1. The van der Waals surface area contributed by atoms with E-state index in [0.29, 0.717) is 11.8 Å². The largest absolute Gasteiger partial charge is 0.399 e. The number of hydrogen-bond acceptors (Lipinski definition) is 3. The summed E-state index contributed by atoms with van der Waals surface area (Å²) in [6.45, 7) is 2.03. The Morgan fingerprint density at radius 3 is 1.92 bits per heavy atom. The topological polar surface area (TPSA) is 60.7 Å². The Morgan fingerprint density at radius 2 is 1.62 bits per heavy atom. The minimum Gasteiger partial charge on any atom is -0.399 e. The number of aliphatic hydroxyl groups is 3. The van der Waals surface area contributed by atoms with E-state index in [9.17, 15) is 0 Å². The predicted molar refractivity (Wildman–Crippen MR) is 56.3 cm³/mol. The van der Waals surface area contributed by atoms with Crippen LogP contribution in [-0.4, -0.2) is 48.0 Å². The molecule has 1 atom stereocenters. The molecule has 0 aliphatic carbocycles. The summed E-state index contributed by atoms with van der Waals surface area (Å²) < 4.78 is 0. The highest BCUT2D eigenvalue weighted by molar-refractivity contribution is 6.79. The lowest BCUT2D eigenvalue weighted by atomic mass is 10.2. The average molecular weight is 227 g/mol. The Kier molecular flexibility index (Phi) is 6.99. The lowest BCUT2D eigenvalue weighted by Gasteiger charge is -2.27. The zero-order valence-corrected chi connectivity index (χ0v) is 9.80. The predicted octanol–water partition coefficient (Wildman–Crippen LogP) is 0.295. The molecule has 0 aromatic heterocycles. The van der Waals surface area contributed by atoms with E-state index in [1.54, 1.807) is 0 Å². The van der Waals surface area contributed by atoms with E-state index in [0.717, 1.165) is 12.5 Å². The van der Waals surface area contributed by atoms with Crippen LogP contribution in [0.4, 0.5) is 0 Å². The molecule has 0 fully saturated rings. The summed E-state index contributed by atoms with van der Waals surface area (Å²) in [4.78, 5) is 0. The minimum absolute atomic E-state index is 0.0490. The van der Waals surface area contributed by atoms with Crippen molar-refractivity contribution in [2.45, 2.75) is 19.4 Å². The summed E-state index contributed by atoms with van der Waals surface area (Å²) in [6.07, 6.45) is 0.724. The fraction of sp³-hybridized carbons (Fsp3) is 1.00. The lowest BCUT2D eigenvalue weighted by Crippen LogP contribution is -2.49. The number of hydrogen-bond donors (Lipinski definition) is 3. The Morgan fingerprint density at radius 1 is 1.15 bits per heavy atom. The van der Waals surface area contributed by atoms with Crippen molar-refractivity contribution in [2.24, 2.45) is 5.92 Å². The Labute approximate surface area is 85.4 Å². The molecule has 0 aromatic carbocycles. The van der Waals surface area contributed by atoms with Crippen LogP contribution in [0, 0.1) is 5.92 Å². The molecule has 0 rings (SSSR count). The molecule has 0 amide bonds. The van der Waals surface area contributed by atoms with Crippen molar-refractivity contribution in [2.75, 3.05) is 24.6 Å². The van der Waals surface area contributed by atoms with Crippen LogP contribution in [0.15, 0.2) is 0 Å². The van der Waals surface area contributed by atoms with Gasteiger partial charge in [0.1, 0.15) is 8.07 Å². The molecule has 0 aromatic rings. The van der Waals surface area contributed by atoms with Gasteiger partial charge in [-0.05, 0) is 18.4 Å². The molecule has 0 aliphatic rings. The van der Waals surface area contributed by atoms with Crippen molar-refractivity contribution >= 4 is 19.7 Å². The van der Waals surface area contributed by atoms with Gasteiger partial charge in [0.2, 0.25) is 0 Å². The summed E-state index contributed by atoms with van der Waals surface area (Å²) >= 11 is 5.58. The third kappa shape index (κ3) is 4.42. The first-order valence-electron chi connectivity index (χ1n) is 4.52. The molecule has 5 heteroatoms. The first-order valence-corrected chi connectivity index (χ1v) is 7.89. The van der Waals surface area contributed by atoms with Gasteiger partial charge in [-0.2, -0.15) is 0 Å². The third-order valence-electron chi connectivity index (χ3n) is 2.39. The van der Waals surface area contributed by atoms with Crippen molar-refractivity contribution in [3.05, 3.63) is 0 Å². The van der Waals surface area contributed by atoms with Gasteiger partial charge in [-0.3, -0.25) is 0 Å². The van der Waals surface area contributed by atoms with Gasteiger partial charge < -0.3 is 15.3 Å². The smallest absolute Gasteiger partial charge is 0.140 e. The standard InChI is InChI=1S/C8H19ClO3Si/c1-8(2-3-9)4-13(5-10,6-11)7-12/h8,10-12H,2-7H2,1H3. The van der Waals surface area contributed by atoms with Crippen LogP contribution in [0.5, 0.6) is 0 Å². The first kappa shape index (κ1) is 13.4. The van der Waals surface area contributed by atoms with Crippen LogP contribution in [0.1, 0.15) is 13.3 Å². The van der Waals surface area contributed by atoms with Crippen LogP contribution >= 0.6 is 11.6 Å². The summed E-state index contributed by atoms with van der Waals surface area (Å²) in [5.41, 5.74) is 0. The van der Waals surface area contributed by atoms with Gasteiger partial charge in [-0.15, -0.1) is 11.6 Å². The Hall–Kier alpha value is 0.387. The Bertz CT molecular complexity index is 122. The number of halogens is 1. The Balaban J connectivity index is 4.07. The second-order valence-electron chi connectivity index (χ2n) is 3.76. The lowest BCUT2D eigenvalue weighted by molar-refractivity contribution is 0.283.